The van der Waals surface area contributed by atoms with Crippen LogP contribution in [0, 0.1) is 0 Å². The fourth-order valence-electron chi connectivity index (χ4n) is 9.28. The van der Waals surface area contributed by atoms with Crippen molar-refractivity contribution in [1.29, 1.82) is 0 Å². The molecule has 0 fully saturated rings. The van der Waals surface area contributed by atoms with Gasteiger partial charge < -0.3 is 8.98 Å². The molecule has 56 heavy (non-hydrogen) atoms. The first-order valence-electron chi connectivity index (χ1n) is 19.1. The van der Waals surface area contributed by atoms with Gasteiger partial charge in [0.15, 0.2) is 5.58 Å². The van der Waals surface area contributed by atoms with Crippen molar-refractivity contribution in [1.82, 2.24) is 9.55 Å². The zero-order valence-corrected chi connectivity index (χ0v) is 30.3. The quantitative estimate of drug-likeness (QED) is 0.134. The summed E-state index contributed by atoms with van der Waals surface area (Å²) in [5, 5.41) is 12.0. The SMILES string of the molecule is c1ccc(-c2nc3ccc4cc(-c5c6ccccc6c(-c6cccc7c6c6ccccc6n7-c6ccccc6)c6ccccc56)c5ccccc5c4c3o2)cc1. The molecule has 0 spiro atoms. The fraction of sp³-hybridized carbons (Fsp3) is 0. The van der Waals surface area contributed by atoms with Gasteiger partial charge in [-0.25, -0.2) is 4.98 Å². The third-order valence-electron chi connectivity index (χ3n) is 11.6. The molecule has 10 aromatic carbocycles. The number of oxazole rings is 1. The molecule has 3 nitrogen and oxygen atoms in total. The summed E-state index contributed by atoms with van der Waals surface area (Å²) in [5.74, 6) is 0.635. The van der Waals surface area contributed by atoms with Crippen LogP contribution in [0.15, 0.2) is 199 Å². The van der Waals surface area contributed by atoms with Crippen LogP contribution < -0.4 is 0 Å². The molecule has 0 saturated heterocycles. The minimum absolute atomic E-state index is 0.635. The van der Waals surface area contributed by atoms with Crippen LogP contribution in [-0.2, 0) is 0 Å². The number of hydrogen-bond donors (Lipinski definition) is 0. The van der Waals surface area contributed by atoms with Crippen LogP contribution in [-0.4, -0.2) is 9.55 Å². The summed E-state index contributed by atoms with van der Waals surface area (Å²) in [7, 11) is 0. The van der Waals surface area contributed by atoms with E-state index in [0.717, 1.165) is 38.5 Å². The molecule has 0 atom stereocenters. The Labute approximate surface area is 322 Å². The van der Waals surface area contributed by atoms with Gasteiger partial charge in [-0.15, -0.1) is 0 Å². The van der Waals surface area contributed by atoms with Gasteiger partial charge in [0.2, 0.25) is 5.89 Å². The minimum Gasteiger partial charge on any atom is -0.435 e. The van der Waals surface area contributed by atoms with Crippen molar-refractivity contribution in [2.75, 3.05) is 0 Å². The summed E-state index contributed by atoms with van der Waals surface area (Å²) >= 11 is 0. The number of para-hydroxylation sites is 2. The zero-order chi connectivity index (χ0) is 36.7. The average molecular weight is 713 g/mol. The van der Waals surface area contributed by atoms with Crippen LogP contribution >= 0.6 is 0 Å². The lowest BCUT2D eigenvalue weighted by atomic mass is 9.83. The van der Waals surface area contributed by atoms with Gasteiger partial charge in [-0.2, -0.15) is 0 Å². The highest BCUT2D eigenvalue weighted by atomic mass is 16.3. The molecule has 3 heteroatoms. The Hall–Kier alpha value is -7.49. The van der Waals surface area contributed by atoms with E-state index in [1.165, 1.54) is 71.0 Å². The van der Waals surface area contributed by atoms with Gasteiger partial charge >= 0.3 is 0 Å². The Balaban J connectivity index is 1.18. The van der Waals surface area contributed by atoms with Crippen LogP contribution in [0.4, 0.5) is 0 Å². The first-order chi connectivity index (χ1) is 27.8. The summed E-state index contributed by atoms with van der Waals surface area (Å²) in [6.45, 7) is 0. The Morgan fingerprint density at radius 1 is 0.393 bits per heavy atom. The highest BCUT2D eigenvalue weighted by molar-refractivity contribution is 6.30. The lowest BCUT2D eigenvalue weighted by Gasteiger charge is -2.20. The van der Waals surface area contributed by atoms with E-state index in [-0.39, 0.29) is 0 Å². The molecular weight excluding hydrogens is 681 g/mol. The molecule has 0 aliphatic heterocycles. The molecule has 0 aliphatic rings. The predicted octanol–water partition coefficient (Wildman–Crippen LogP) is 14.5. The molecule has 0 bridgehead atoms. The molecule has 0 amide bonds. The topological polar surface area (TPSA) is 31.0 Å². The highest BCUT2D eigenvalue weighted by Crippen LogP contribution is 2.49. The molecule has 12 aromatic rings. The Morgan fingerprint density at radius 2 is 0.946 bits per heavy atom. The average Bonchev–Trinajstić information content (AvgIpc) is 3.86. The zero-order valence-electron chi connectivity index (χ0n) is 30.3. The van der Waals surface area contributed by atoms with Crippen LogP contribution in [0.3, 0.4) is 0 Å². The second-order valence-corrected chi connectivity index (χ2v) is 14.6. The third kappa shape index (κ3) is 4.43. The first-order valence-corrected chi connectivity index (χ1v) is 19.1. The van der Waals surface area contributed by atoms with Crippen LogP contribution in [0.25, 0.3) is 115 Å². The number of rotatable bonds is 4. The predicted molar refractivity (Wildman–Crippen MR) is 235 cm³/mol. The van der Waals surface area contributed by atoms with E-state index in [1.54, 1.807) is 0 Å². The second kappa shape index (κ2) is 12.0. The van der Waals surface area contributed by atoms with Gasteiger partial charge in [-0.05, 0) is 108 Å². The fourth-order valence-corrected chi connectivity index (χ4v) is 9.28. The third-order valence-corrected chi connectivity index (χ3v) is 11.6. The van der Waals surface area contributed by atoms with Crippen molar-refractivity contribution >= 4 is 76.0 Å². The molecule has 0 N–H and O–H groups in total. The van der Waals surface area contributed by atoms with E-state index in [2.05, 4.69) is 168 Å². The first kappa shape index (κ1) is 30.9. The van der Waals surface area contributed by atoms with Crippen molar-refractivity contribution < 1.29 is 4.42 Å². The van der Waals surface area contributed by atoms with E-state index in [0.29, 0.717) is 5.89 Å². The van der Waals surface area contributed by atoms with Gasteiger partial charge in [0.1, 0.15) is 5.52 Å². The van der Waals surface area contributed by atoms with E-state index >= 15 is 0 Å². The smallest absolute Gasteiger partial charge is 0.227 e. The summed E-state index contributed by atoms with van der Waals surface area (Å²) in [6, 6.07) is 69.8. The number of aromatic nitrogens is 2. The maximum atomic E-state index is 6.61. The maximum Gasteiger partial charge on any atom is 0.227 e. The van der Waals surface area contributed by atoms with Crippen molar-refractivity contribution in [2.45, 2.75) is 0 Å². The van der Waals surface area contributed by atoms with Gasteiger partial charge in [-0.3, -0.25) is 0 Å². The Morgan fingerprint density at radius 3 is 1.64 bits per heavy atom. The van der Waals surface area contributed by atoms with Gasteiger partial charge in [0.25, 0.3) is 0 Å². The van der Waals surface area contributed by atoms with Crippen LogP contribution in [0.1, 0.15) is 0 Å². The van der Waals surface area contributed by atoms with E-state index in [4.69, 9.17) is 9.40 Å². The normalized spacial score (nSPS) is 11.9. The standard InChI is InChI=1S/C53H32N2O/c1-3-16-33(17-4-1)53-54-45-31-30-34-32-44(36-20-7-8-21-37(36)48(34)52(45)56-53)50-40-24-11-9-22-38(40)49(39-23-10-12-25-41(39)50)43-27-15-29-47-51(43)42-26-13-14-28-46(42)55(47)35-18-5-2-6-19-35/h1-32H. The number of benzene rings is 10. The molecule has 2 heterocycles. The molecule has 0 aliphatic carbocycles. The lowest BCUT2D eigenvalue weighted by molar-refractivity contribution is 0.623. The van der Waals surface area contributed by atoms with Gasteiger partial charge in [0, 0.05) is 27.4 Å². The summed E-state index contributed by atoms with van der Waals surface area (Å²) in [5.41, 5.74) is 11.1. The van der Waals surface area contributed by atoms with E-state index in [9.17, 15) is 0 Å². The minimum atomic E-state index is 0.635. The molecule has 0 unspecified atom stereocenters. The van der Waals surface area contributed by atoms with Crippen molar-refractivity contribution in [3.63, 3.8) is 0 Å². The van der Waals surface area contributed by atoms with Crippen molar-refractivity contribution in [3.05, 3.63) is 194 Å². The maximum absolute atomic E-state index is 6.61. The largest absolute Gasteiger partial charge is 0.435 e. The lowest BCUT2D eigenvalue weighted by Crippen LogP contribution is -1.94. The van der Waals surface area contributed by atoms with E-state index in [1.807, 2.05) is 30.3 Å². The van der Waals surface area contributed by atoms with Crippen molar-refractivity contribution in [3.8, 4) is 39.4 Å². The summed E-state index contributed by atoms with van der Waals surface area (Å²) in [6.07, 6.45) is 0. The van der Waals surface area contributed by atoms with E-state index < -0.39 is 0 Å². The van der Waals surface area contributed by atoms with Gasteiger partial charge in [-0.1, -0.05) is 146 Å². The van der Waals surface area contributed by atoms with Crippen LogP contribution in [0.5, 0.6) is 0 Å². The van der Waals surface area contributed by atoms with Crippen LogP contribution in [0.2, 0.25) is 0 Å². The Bertz CT molecular complexity index is 3460. The molecule has 12 rings (SSSR count). The Kier molecular flexibility index (Phi) is 6.63. The highest BCUT2D eigenvalue weighted by Gasteiger charge is 2.23. The summed E-state index contributed by atoms with van der Waals surface area (Å²) < 4.78 is 9.01. The monoisotopic (exact) mass is 712 g/mol. The van der Waals surface area contributed by atoms with Gasteiger partial charge in [0.05, 0.1) is 11.0 Å². The molecule has 2 aromatic heterocycles. The number of fused-ring (bicyclic) bond motifs is 10. The molecule has 260 valence electrons. The second-order valence-electron chi connectivity index (χ2n) is 14.6. The van der Waals surface area contributed by atoms with Crippen molar-refractivity contribution in [2.24, 2.45) is 0 Å². The molecule has 0 radical (unpaired) electrons. The summed E-state index contributed by atoms with van der Waals surface area (Å²) in [4.78, 5) is 4.93. The number of hydrogen-bond acceptors (Lipinski definition) is 2. The molecular formula is C53H32N2O. The molecule has 0 saturated carbocycles. The number of nitrogens with zero attached hydrogens (tertiary/aromatic N) is 2.